The molecule has 1 saturated heterocycles. The molecule has 2 fully saturated rings. The third kappa shape index (κ3) is 2.27. The predicted molar refractivity (Wildman–Crippen MR) is 90.5 cm³/mol. The van der Waals surface area contributed by atoms with Crippen LogP contribution in [0.5, 0.6) is 0 Å². The van der Waals surface area contributed by atoms with Crippen LogP contribution < -0.4 is 10.7 Å². The summed E-state index contributed by atoms with van der Waals surface area (Å²) in [4.78, 5) is 37.5. The van der Waals surface area contributed by atoms with Gasteiger partial charge in [-0.15, -0.1) is 11.3 Å². The van der Waals surface area contributed by atoms with Gasteiger partial charge < -0.3 is 5.32 Å². The van der Waals surface area contributed by atoms with Crippen molar-refractivity contribution in [1.82, 2.24) is 15.8 Å². The van der Waals surface area contributed by atoms with Crippen molar-refractivity contribution >= 4 is 39.3 Å². The van der Waals surface area contributed by atoms with E-state index in [1.807, 2.05) is 24.3 Å². The highest BCUT2D eigenvalue weighted by atomic mass is 32.1. The number of hydrogen-bond acceptors (Lipinski definition) is 4. The van der Waals surface area contributed by atoms with E-state index in [0.29, 0.717) is 18.4 Å². The number of imide groups is 1. The van der Waals surface area contributed by atoms with Gasteiger partial charge in [0, 0.05) is 15.5 Å². The van der Waals surface area contributed by atoms with E-state index >= 15 is 0 Å². The van der Waals surface area contributed by atoms with Gasteiger partial charge in [0.25, 0.3) is 11.8 Å². The molecule has 24 heavy (non-hydrogen) atoms. The van der Waals surface area contributed by atoms with Crippen LogP contribution in [0, 0.1) is 0 Å². The second-order valence-corrected chi connectivity index (χ2v) is 7.21. The molecular weight excluding hydrogens is 326 g/mol. The molecule has 2 aromatic rings. The Kier molecular flexibility index (Phi) is 3.53. The van der Waals surface area contributed by atoms with E-state index in [9.17, 15) is 14.4 Å². The molecule has 1 saturated carbocycles. The zero-order valence-electron chi connectivity index (χ0n) is 13.0. The van der Waals surface area contributed by atoms with Gasteiger partial charge in [0.05, 0.1) is 5.56 Å². The largest absolute Gasteiger partial charge is 0.344 e. The molecule has 0 radical (unpaired) electrons. The Morgan fingerprint density at radius 3 is 2.71 bits per heavy atom. The first kappa shape index (κ1) is 15.1. The molecule has 1 spiro atoms. The lowest BCUT2D eigenvalue weighted by Crippen LogP contribution is -2.50. The van der Waals surface area contributed by atoms with Gasteiger partial charge >= 0.3 is 6.03 Å². The summed E-state index contributed by atoms with van der Waals surface area (Å²) in [6, 6.07) is 7.01. The average Bonchev–Trinajstić information content (AvgIpc) is 3.11. The number of hydrogen-bond donors (Lipinski definition) is 2. The zero-order chi connectivity index (χ0) is 16.7. The zero-order valence-corrected chi connectivity index (χ0v) is 13.8. The molecule has 2 heterocycles. The van der Waals surface area contributed by atoms with Crippen molar-refractivity contribution in [3.8, 4) is 0 Å². The van der Waals surface area contributed by atoms with Gasteiger partial charge in [0.1, 0.15) is 5.54 Å². The number of carbonyl (C=O) groups excluding carboxylic acids is 3. The minimum atomic E-state index is -0.834. The lowest BCUT2D eigenvalue weighted by Gasteiger charge is -2.30. The van der Waals surface area contributed by atoms with E-state index in [2.05, 4.69) is 10.7 Å². The lowest BCUT2D eigenvalue weighted by atomic mass is 9.82. The van der Waals surface area contributed by atoms with Crippen LogP contribution in [-0.4, -0.2) is 28.4 Å². The molecule has 4 rings (SSSR count). The normalized spacial score (nSPS) is 19.8. The Bertz CT molecular complexity index is 838. The summed E-state index contributed by atoms with van der Waals surface area (Å²) in [6.45, 7) is 0. The number of benzene rings is 1. The van der Waals surface area contributed by atoms with Crippen molar-refractivity contribution in [2.45, 2.75) is 37.6 Å². The first-order valence-electron chi connectivity index (χ1n) is 8.05. The molecule has 1 aromatic heterocycles. The van der Waals surface area contributed by atoms with Crippen molar-refractivity contribution in [1.29, 1.82) is 0 Å². The number of rotatable bonds is 2. The van der Waals surface area contributed by atoms with Crippen LogP contribution in [0.1, 0.15) is 42.5 Å². The molecule has 4 amide bonds. The maximum Gasteiger partial charge on any atom is 0.344 e. The summed E-state index contributed by atoms with van der Waals surface area (Å²) in [5, 5.41) is 6.19. The minimum Gasteiger partial charge on any atom is -0.322 e. The number of carbonyl (C=O) groups is 3. The van der Waals surface area contributed by atoms with E-state index in [-0.39, 0.29) is 5.91 Å². The number of thiophene rings is 1. The molecule has 1 aliphatic carbocycles. The van der Waals surface area contributed by atoms with Crippen LogP contribution in [0.25, 0.3) is 10.1 Å². The first-order valence-corrected chi connectivity index (χ1v) is 8.93. The minimum absolute atomic E-state index is 0.347. The number of fused-ring (bicyclic) bond motifs is 1. The molecule has 0 bridgehead atoms. The van der Waals surface area contributed by atoms with Gasteiger partial charge in [-0.2, -0.15) is 5.01 Å². The van der Waals surface area contributed by atoms with Gasteiger partial charge in [0.15, 0.2) is 0 Å². The lowest BCUT2D eigenvalue weighted by molar-refractivity contribution is -0.134. The molecule has 7 heteroatoms. The summed E-state index contributed by atoms with van der Waals surface area (Å²) in [5.74, 6) is -0.788. The van der Waals surface area contributed by atoms with Crippen molar-refractivity contribution < 1.29 is 14.4 Å². The molecule has 6 nitrogen and oxygen atoms in total. The Morgan fingerprint density at radius 2 is 1.92 bits per heavy atom. The Hall–Kier alpha value is -2.41. The van der Waals surface area contributed by atoms with Crippen LogP contribution in [0.3, 0.4) is 0 Å². The van der Waals surface area contributed by atoms with Crippen LogP contribution in [0.2, 0.25) is 0 Å². The molecule has 2 aliphatic rings. The maximum absolute atomic E-state index is 12.7. The fourth-order valence-electron chi connectivity index (χ4n) is 3.53. The fourth-order valence-corrected chi connectivity index (χ4v) is 4.47. The topological polar surface area (TPSA) is 78.5 Å². The van der Waals surface area contributed by atoms with Crippen LogP contribution in [0.4, 0.5) is 4.79 Å². The standard InChI is InChI=1S/C17H17N3O3S/c21-14(12-10-24-13-7-3-2-6-11(12)13)19-20-15(22)17(18-16(20)23)8-4-1-5-9-17/h2-3,6-7,10H,1,4-5,8-9H2,(H,18,23)(H,19,21). The molecule has 1 aliphatic heterocycles. The van der Waals surface area contributed by atoms with E-state index < -0.39 is 17.5 Å². The molecule has 1 aromatic carbocycles. The number of amides is 4. The highest BCUT2D eigenvalue weighted by Crippen LogP contribution is 2.33. The molecule has 0 atom stereocenters. The van der Waals surface area contributed by atoms with E-state index in [1.165, 1.54) is 11.3 Å². The summed E-state index contributed by atoms with van der Waals surface area (Å²) in [7, 11) is 0. The number of urea groups is 1. The predicted octanol–water partition coefficient (Wildman–Crippen LogP) is 2.80. The molecule has 124 valence electrons. The Balaban J connectivity index is 1.57. The maximum atomic E-state index is 12.7. The van der Waals surface area contributed by atoms with Crippen molar-refractivity contribution in [2.75, 3.05) is 0 Å². The molecular formula is C17H17N3O3S. The van der Waals surface area contributed by atoms with Gasteiger partial charge in [-0.25, -0.2) is 4.79 Å². The summed E-state index contributed by atoms with van der Waals surface area (Å²) in [5.41, 5.74) is 2.12. The van der Waals surface area contributed by atoms with Crippen molar-refractivity contribution in [3.63, 3.8) is 0 Å². The van der Waals surface area contributed by atoms with E-state index in [0.717, 1.165) is 34.4 Å². The quantitative estimate of drug-likeness (QED) is 0.823. The molecule has 2 N–H and O–H groups in total. The second-order valence-electron chi connectivity index (χ2n) is 6.30. The van der Waals surface area contributed by atoms with Crippen LogP contribution in [-0.2, 0) is 4.79 Å². The van der Waals surface area contributed by atoms with Gasteiger partial charge in [-0.3, -0.25) is 15.0 Å². The van der Waals surface area contributed by atoms with Crippen molar-refractivity contribution in [3.05, 3.63) is 35.2 Å². The summed E-state index contributed by atoms with van der Waals surface area (Å²) < 4.78 is 0.989. The highest BCUT2D eigenvalue weighted by molar-refractivity contribution is 7.17. The first-order chi connectivity index (χ1) is 11.6. The second kappa shape index (κ2) is 5.59. The van der Waals surface area contributed by atoms with Crippen LogP contribution in [0.15, 0.2) is 29.6 Å². The smallest absolute Gasteiger partial charge is 0.322 e. The third-order valence-corrected chi connectivity index (χ3v) is 5.77. The Morgan fingerprint density at radius 1 is 1.17 bits per heavy atom. The van der Waals surface area contributed by atoms with Gasteiger partial charge in [-0.1, -0.05) is 37.5 Å². The summed E-state index contributed by atoms with van der Waals surface area (Å²) in [6.07, 6.45) is 4.14. The van der Waals surface area contributed by atoms with Crippen molar-refractivity contribution in [2.24, 2.45) is 0 Å². The fraction of sp³-hybridized carbons (Fsp3) is 0.353. The highest BCUT2D eigenvalue weighted by Gasteiger charge is 2.52. The van der Waals surface area contributed by atoms with E-state index in [1.54, 1.807) is 5.38 Å². The Labute approximate surface area is 142 Å². The van der Waals surface area contributed by atoms with Crippen LogP contribution >= 0.6 is 11.3 Å². The number of nitrogens with zero attached hydrogens (tertiary/aromatic N) is 1. The monoisotopic (exact) mass is 343 g/mol. The van der Waals surface area contributed by atoms with E-state index in [4.69, 9.17) is 0 Å². The average molecular weight is 343 g/mol. The van der Waals surface area contributed by atoms with Gasteiger partial charge in [-0.05, 0) is 18.9 Å². The molecule has 0 unspecified atom stereocenters. The summed E-state index contributed by atoms with van der Waals surface area (Å²) >= 11 is 1.46. The number of hydrazine groups is 1. The third-order valence-electron chi connectivity index (χ3n) is 4.81. The number of nitrogens with one attached hydrogen (secondary N) is 2. The van der Waals surface area contributed by atoms with Gasteiger partial charge in [0.2, 0.25) is 0 Å². The SMILES string of the molecule is O=C(NN1C(=O)NC2(CCCCC2)C1=O)c1csc2ccccc12.